The van der Waals surface area contributed by atoms with Crippen LogP contribution in [0, 0.1) is 25.2 Å². The molecule has 0 atom stereocenters. The number of halogens is 1. The summed E-state index contributed by atoms with van der Waals surface area (Å²) >= 11 is 6.51. The number of aryl methyl sites for hydroxylation is 1. The van der Waals surface area contributed by atoms with E-state index < -0.39 is 5.91 Å². The van der Waals surface area contributed by atoms with Crippen molar-refractivity contribution in [3.05, 3.63) is 57.6 Å². The molecule has 0 aromatic heterocycles. The Morgan fingerprint density at radius 3 is 2.53 bits per heavy atom. The van der Waals surface area contributed by atoms with Crippen LogP contribution in [-0.4, -0.2) is 19.1 Å². The highest BCUT2D eigenvalue weighted by Crippen LogP contribution is 2.37. The second kappa shape index (κ2) is 14.3. The second-order valence-corrected chi connectivity index (χ2v) is 8.66. The van der Waals surface area contributed by atoms with Crippen molar-refractivity contribution in [3.63, 3.8) is 0 Å². The lowest BCUT2D eigenvalue weighted by Gasteiger charge is -2.15. The smallest absolute Gasteiger partial charge is 0.266 e. The minimum absolute atomic E-state index is 0.0276. The van der Waals surface area contributed by atoms with Crippen molar-refractivity contribution in [2.24, 2.45) is 0 Å². The molecule has 182 valence electrons. The van der Waals surface area contributed by atoms with Crippen LogP contribution in [0.1, 0.15) is 69.1 Å². The molecule has 0 aliphatic rings. The first-order valence-electron chi connectivity index (χ1n) is 12.0. The highest BCUT2D eigenvalue weighted by Gasteiger charge is 2.15. The number of rotatable bonds is 13. The predicted octanol–water partition coefficient (Wildman–Crippen LogP) is 7.64. The molecule has 1 N–H and O–H groups in total. The number of amides is 1. The molecular formula is C28H35ClN2O3. The zero-order valence-electron chi connectivity index (χ0n) is 20.7. The van der Waals surface area contributed by atoms with Gasteiger partial charge in [0.1, 0.15) is 11.6 Å². The normalized spacial score (nSPS) is 11.1. The van der Waals surface area contributed by atoms with Crippen LogP contribution in [0.4, 0.5) is 5.69 Å². The van der Waals surface area contributed by atoms with Gasteiger partial charge in [0.15, 0.2) is 11.5 Å². The fourth-order valence-corrected chi connectivity index (χ4v) is 3.80. The number of carbonyl (C=O) groups is 1. The van der Waals surface area contributed by atoms with Gasteiger partial charge in [0, 0.05) is 5.69 Å². The van der Waals surface area contributed by atoms with Gasteiger partial charge in [-0.1, -0.05) is 62.8 Å². The molecule has 0 saturated heterocycles. The van der Waals surface area contributed by atoms with E-state index in [2.05, 4.69) is 12.2 Å². The Morgan fingerprint density at radius 2 is 1.82 bits per heavy atom. The average Bonchev–Trinajstić information content (AvgIpc) is 2.81. The molecule has 0 saturated carbocycles. The van der Waals surface area contributed by atoms with Gasteiger partial charge in [-0.2, -0.15) is 5.26 Å². The van der Waals surface area contributed by atoms with E-state index in [0.29, 0.717) is 41.0 Å². The number of benzene rings is 2. The third-order valence-electron chi connectivity index (χ3n) is 5.60. The van der Waals surface area contributed by atoms with E-state index in [0.717, 1.165) is 24.0 Å². The predicted molar refractivity (Wildman–Crippen MR) is 140 cm³/mol. The summed E-state index contributed by atoms with van der Waals surface area (Å²) in [7, 11) is 0. The summed E-state index contributed by atoms with van der Waals surface area (Å²) in [6, 6.07) is 11.1. The Kier molecular flexibility index (Phi) is 11.5. The maximum absolute atomic E-state index is 12.8. The first-order chi connectivity index (χ1) is 16.4. The number of ether oxygens (including phenoxy) is 2. The van der Waals surface area contributed by atoms with E-state index in [1.54, 1.807) is 12.1 Å². The van der Waals surface area contributed by atoms with E-state index >= 15 is 0 Å². The van der Waals surface area contributed by atoms with Crippen LogP contribution < -0.4 is 14.8 Å². The number of unbranched alkanes of at least 4 members (excludes halogenated alkanes) is 5. The molecule has 0 aliphatic carbocycles. The molecule has 2 rings (SSSR count). The molecule has 0 aliphatic heterocycles. The average molecular weight is 483 g/mol. The van der Waals surface area contributed by atoms with Crippen LogP contribution >= 0.6 is 11.6 Å². The standard InChI is InChI=1S/C28H35ClN2O3/c1-5-7-8-9-10-11-15-34-27-24(29)17-22(18-26(27)33-6-2)16-23(19-30)28(32)31-25-14-12-13-20(3)21(25)4/h12-14,16-18H,5-11,15H2,1-4H3,(H,31,32)/b23-16-. The third-order valence-corrected chi connectivity index (χ3v) is 5.89. The van der Waals surface area contributed by atoms with Gasteiger partial charge in [-0.15, -0.1) is 0 Å². The molecule has 2 aromatic rings. The summed E-state index contributed by atoms with van der Waals surface area (Å²) < 4.78 is 11.7. The van der Waals surface area contributed by atoms with Crippen LogP contribution in [0.25, 0.3) is 6.08 Å². The molecule has 1 amide bonds. The maximum atomic E-state index is 12.8. The molecule has 2 aromatic carbocycles. The van der Waals surface area contributed by atoms with E-state index in [4.69, 9.17) is 21.1 Å². The number of nitriles is 1. The van der Waals surface area contributed by atoms with Crippen LogP contribution in [0.5, 0.6) is 11.5 Å². The Balaban J connectivity index is 2.16. The van der Waals surface area contributed by atoms with Crippen molar-refractivity contribution < 1.29 is 14.3 Å². The van der Waals surface area contributed by atoms with Gasteiger partial charge in [-0.3, -0.25) is 4.79 Å². The lowest BCUT2D eigenvalue weighted by molar-refractivity contribution is -0.112. The van der Waals surface area contributed by atoms with Gasteiger partial charge in [0.25, 0.3) is 5.91 Å². The zero-order chi connectivity index (χ0) is 24.9. The molecule has 0 bridgehead atoms. The minimum Gasteiger partial charge on any atom is -0.490 e. The van der Waals surface area contributed by atoms with E-state index in [9.17, 15) is 10.1 Å². The van der Waals surface area contributed by atoms with Crippen molar-refractivity contribution >= 4 is 29.3 Å². The van der Waals surface area contributed by atoms with Gasteiger partial charge in [-0.05, 0) is 68.2 Å². The highest BCUT2D eigenvalue weighted by atomic mass is 35.5. The summed E-state index contributed by atoms with van der Waals surface area (Å²) in [6.07, 6.45) is 8.52. The lowest BCUT2D eigenvalue weighted by Crippen LogP contribution is -2.14. The van der Waals surface area contributed by atoms with Gasteiger partial charge in [0.2, 0.25) is 0 Å². The van der Waals surface area contributed by atoms with Gasteiger partial charge >= 0.3 is 0 Å². The SMILES string of the molecule is CCCCCCCCOc1c(Cl)cc(/C=C(/C#N)C(=O)Nc2cccc(C)c2C)cc1OCC. The fourth-order valence-electron chi connectivity index (χ4n) is 3.52. The maximum Gasteiger partial charge on any atom is 0.266 e. The van der Waals surface area contributed by atoms with Gasteiger partial charge in [0.05, 0.1) is 18.2 Å². The molecule has 0 fully saturated rings. The van der Waals surface area contributed by atoms with Crippen LogP contribution in [0.15, 0.2) is 35.9 Å². The number of nitrogens with zero attached hydrogens (tertiary/aromatic N) is 1. The minimum atomic E-state index is -0.478. The number of nitrogens with one attached hydrogen (secondary N) is 1. The van der Waals surface area contributed by atoms with Crippen molar-refractivity contribution in [1.29, 1.82) is 5.26 Å². The Morgan fingerprint density at radius 1 is 1.09 bits per heavy atom. The van der Waals surface area contributed by atoms with E-state index in [-0.39, 0.29) is 5.57 Å². The quantitative estimate of drug-likeness (QED) is 0.181. The first-order valence-corrected chi connectivity index (χ1v) is 12.4. The van der Waals surface area contributed by atoms with Crippen molar-refractivity contribution in [3.8, 4) is 17.6 Å². The Hall–Kier alpha value is -2.97. The summed E-state index contributed by atoms with van der Waals surface area (Å²) in [5.41, 5.74) is 3.26. The van der Waals surface area contributed by atoms with Crippen molar-refractivity contribution in [2.75, 3.05) is 18.5 Å². The monoisotopic (exact) mass is 482 g/mol. The third kappa shape index (κ3) is 8.11. The Labute approximate surface area is 208 Å². The lowest BCUT2D eigenvalue weighted by atomic mass is 10.1. The van der Waals surface area contributed by atoms with Crippen LogP contribution in [0.3, 0.4) is 0 Å². The number of carbonyl (C=O) groups excluding carboxylic acids is 1. The number of hydrogen-bond donors (Lipinski definition) is 1. The summed E-state index contributed by atoms with van der Waals surface area (Å²) in [5.74, 6) is 0.515. The highest BCUT2D eigenvalue weighted by molar-refractivity contribution is 6.32. The Bertz CT molecular complexity index is 1040. The summed E-state index contributed by atoms with van der Waals surface area (Å²) in [4.78, 5) is 12.8. The zero-order valence-corrected chi connectivity index (χ0v) is 21.4. The largest absolute Gasteiger partial charge is 0.490 e. The van der Waals surface area contributed by atoms with Crippen molar-refractivity contribution in [2.45, 2.75) is 66.2 Å². The van der Waals surface area contributed by atoms with E-state index in [1.807, 2.05) is 45.0 Å². The molecule has 0 heterocycles. The molecule has 0 radical (unpaired) electrons. The first kappa shape index (κ1) is 27.3. The fraction of sp³-hybridized carbons (Fsp3) is 0.429. The topological polar surface area (TPSA) is 71.3 Å². The molecular weight excluding hydrogens is 448 g/mol. The molecule has 34 heavy (non-hydrogen) atoms. The van der Waals surface area contributed by atoms with Crippen molar-refractivity contribution in [1.82, 2.24) is 0 Å². The second-order valence-electron chi connectivity index (χ2n) is 8.25. The van der Waals surface area contributed by atoms with Crippen LogP contribution in [0.2, 0.25) is 5.02 Å². The van der Waals surface area contributed by atoms with Crippen LogP contribution in [-0.2, 0) is 4.79 Å². The van der Waals surface area contributed by atoms with Gasteiger partial charge < -0.3 is 14.8 Å². The summed E-state index contributed by atoms with van der Waals surface area (Å²) in [5, 5.41) is 12.8. The summed E-state index contributed by atoms with van der Waals surface area (Å²) in [6.45, 7) is 8.98. The molecule has 0 unspecified atom stereocenters. The molecule has 6 heteroatoms. The number of anilines is 1. The molecule has 5 nitrogen and oxygen atoms in total. The van der Waals surface area contributed by atoms with Gasteiger partial charge in [-0.25, -0.2) is 0 Å². The number of hydrogen-bond acceptors (Lipinski definition) is 4. The van der Waals surface area contributed by atoms with E-state index in [1.165, 1.54) is 31.8 Å². The molecule has 0 spiro atoms.